The van der Waals surface area contributed by atoms with Crippen molar-refractivity contribution in [2.75, 3.05) is 5.32 Å². The number of halogens is 4. The van der Waals surface area contributed by atoms with Crippen LogP contribution >= 0.6 is 11.6 Å². The molecule has 0 saturated heterocycles. The average molecular weight is 210 g/mol. The Labute approximate surface area is 76.3 Å². The van der Waals surface area contributed by atoms with Gasteiger partial charge in [-0.25, -0.2) is 13.2 Å². The molecule has 0 saturated carbocycles. The highest BCUT2D eigenvalue weighted by molar-refractivity contribution is 6.65. The molecule has 70 valence electrons. The van der Waals surface area contributed by atoms with Crippen LogP contribution in [0.3, 0.4) is 0 Å². The molecule has 0 heterocycles. The van der Waals surface area contributed by atoms with E-state index in [2.05, 4.69) is 0 Å². The van der Waals surface area contributed by atoms with Crippen LogP contribution in [-0.4, -0.2) is 5.37 Å². The Morgan fingerprint density at radius 1 is 1.23 bits per heavy atom. The molecule has 0 radical (unpaired) electrons. The van der Waals surface area contributed by atoms with E-state index in [4.69, 9.17) is 11.6 Å². The van der Waals surface area contributed by atoms with E-state index in [-0.39, 0.29) is 0 Å². The van der Waals surface area contributed by atoms with Gasteiger partial charge in [0.15, 0.2) is 11.6 Å². The quantitative estimate of drug-likeness (QED) is 0.430. The smallest absolute Gasteiger partial charge is 0.307 e. The first-order valence-electron chi connectivity index (χ1n) is 3.12. The summed E-state index contributed by atoms with van der Waals surface area (Å²) in [4.78, 5) is 10.2. The van der Waals surface area contributed by atoms with Gasteiger partial charge in [0.05, 0.1) is 0 Å². The molecule has 1 N–H and O–H groups in total. The van der Waals surface area contributed by atoms with E-state index in [0.29, 0.717) is 12.1 Å². The third-order valence-corrected chi connectivity index (χ3v) is 1.36. The summed E-state index contributed by atoms with van der Waals surface area (Å²) in [6.07, 6.45) is 0. The summed E-state index contributed by atoms with van der Waals surface area (Å²) in [7, 11) is 0. The zero-order valence-electron chi connectivity index (χ0n) is 6.07. The van der Waals surface area contributed by atoms with Gasteiger partial charge >= 0.3 is 5.37 Å². The second kappa shape index (κ2) is 3.66. The van der Waals surface area contributed by atoms with Gasteiger partial charge < -0.3 is 5.32 Å². The molecule has 0 aliphatic rings. The highest BCUT2D eigenvalue weighted by atomic mass is 35.5. The molecule has 0 fully saturated rings. The second-order valence-corrected chi connectivity index (χ2v) is 2.46. The number of carbonyl (C=O) groups is 1. The van der Waals surface area contributed by atoms with Gasteiger partial charge in [-0.05, 0) is 23.7 Å². The van der Waals surface area contributed by atoms with Crippen LogP contribution in [0, 0.1) is 17.5 Å². The number of benzene rings is 1. The van der Waals surface area contributed by atoms with Crippen molar-refractivity contribution in [1.29, 1.82) is 0 Å². The lowest BCUT2D eigenvalue weighted by molar-refractivity contribution is 0.268. The molecule has 2 nitrogen and oxygen atoms in total. The molecule has 1 rings (SSSR count). The fourth-order valence-corrected chi connectivity index (χ4v) is 0.834. The van der Waals surface area contributed by atoms with Crippen molar-refractivity contribution in [2.45, 2.75) is 0 Å². The normalized spacial score (nSPS) is 9.85. The lowest BCUT2D eigenvalue weighted by Gasteiger charge is -2.03. The molecule has 0 aromatic heterocycles. The minimum Gasteiger partial charge on any atom is -0.307 e. The molecular formula is C7H3ClF3NO. The summed E-state index contributed by atoms with van der Waals surface area (Å²) in [6.45, 7) is 0. The maximum Gasteiger partial charge on any atom is 0.318 e. The number of amides is 1. The summed E-state index contributed by atoms with van der Waals surface area (Å²) >= 11 is 4.80. The van der Waals surface area contributed by atoms with Crippen LogP contribution in [0.1, 0.15) is 0 Å². The van der Waals surface area contributed by atoms with Crippen molar-refractivity contribution in [3.63, 3.8) is 0 Å². The minimum atomic E-state index is -1.48. The van der Waals surface area contributed by atoms with E-state index >= 15 is 0 Å². The second-order valence-electron chi connectivity index (χ2n) is 2.12. The molecule has 6 heteroatoms. The fourth-order valence-electron chi connectivity index (χ4n) is 0.740. The van der Waals surface area contributed by atoms with Crippen molar-refractivity contribution < 1.29 is 18.0 Å². The van der Waals surface area contributed by atoms with Crippen LogP contribution in [0.4, 0.5) is 23.7 Å². The third kappa shape index (κ3) is 2.12. The molecule has 0 aliphatic carbocycles. The van der Waals surface area contributed by atoms with Gasteiger partial charge in [-0.15, -0.1) is 0 Å². The van der Waals surface area contributed by atoms with Gasteiger partial charge in [0.25, 0.3) is 0 Å². The molecule has 13 heavy (non-hydrogen) atoms. The first kappa shape index (κ1) is 9.85. The summed E-state index contributed by atoms with van der Waals surface area (Å²) in [5.74, 6) is -3.83. The average Bonchev–Trinajstić information content (AvgIpc) is 2.05. The van der Waals surface area contributed by atoms with Crippen LogP contribution in [0.15, 0.2) is 12.1 Å². The number of anilines is 1. The Hall–Kier alpha value is -1.23. The summed E-state index contributed by atoms with van der Waals surface area (Å²) in [5.41, 5.74) is -0.889. The number of carbonyl (C=O) groups excluding carboxylic acids is 1. The predicted octanol–water partition coefficient (Wildman–Crippen LogP) is 2.87. The predicted molar refractivity (Wildman–Crippen MR) is 41.2 cm³/mol. The molecule has 0 bridgehead atoms. The van der Waals surface area contributed by atoms with Crippen LogP contribution in [0.2, 0.25) is 0 Å². The Balaban J connectivity index is 3.17. The van der Waals surface area contributed by atoms with E-state index in [1.165, 1.54) is 0 Å². The van der Waals surface area contributed by atoms with Crippen LogP contribution < -0.4 is 5.32 Å². The van der Waals surface area contributed by atoms with Crippen molar-refractivity contribution >= 4 is 22.7 Å². The maximum absolute atomic E-state index is 12.7. The van der Waals surface area contributed by atoms with Gasteiger partial charge in [0, 0.05) is 0 Å². The number of nitrogens with one attached hydrogen (secondary N) is 1. The number of rotatable bonds is 1. The molecule has 1 aromatic carbocycles. The lowest BCUT2D eigenvalue weighted by atomic mass is 10.3. The van der Waals surface area contributed by atoms with E-state index in [0.717, 1.165) is 0 Å². The first-order chi connectivity index (χ1) is 6.02. The molecule has 0 spiro atoms. The van der Waals surface area contributed by atoms with Crippen molar-refractivity contribution in [2.24, 2.45) is 0 Å². The Bertz CT molecular complexity index is 356. The van der Waals surface area contributed by atoms with Gasteiger partial charge in [0.2, 0.25) is 0 Å². The number of hydrogen-bond donors (Lipinski definition) is 1. The molecule has 1 amide bonds. The van der Waals surface area contributed by atoms with Crippen LogP contribution in [0.5, 0.6) is 0 Å². The van der Waals surface area contributed by atoms with E-state index in [1.54, 1.807) is 5.32 Å². The molecule has 0 unspecified atom stereocenters. The Kier molecular flexibility index (Phi) is 2.77. The van der Waals surface area contributed by atoms with E-state index in [1.807, 2.05) is 0 Å². The maximum atomic E-state index is 12.7. The van der Waals surface area contributed by atoms with Gasteiger partial charge in [-0.3, -0.25) is 4.79 Å². The molecule has 0 aliphatic heterocycles. The van der Waals surface area contributed by atoms with Gasteiger partial charge in [-0.2, -0.15) is 0 Å². The lowest BCUT2D eigenvalue weighted by Crippen LogP contribution is -2.06. The summed E-state index contributed by atoms with van der Waals surface area (Å²) < 4.78 is 37.9. The van der Waals surface area contributed by atoms with Crippen molar-refractivity contribution in [3.05, 3.63) is 29.6 Å². The Morgan fingerprint density at radius 3 is 2.31 bits per heavy atom. The zero-order chi connectivity index (χ0) is 10.0. The standard InChI is InChI=1S/C7H3ClF3NO/c8-7(13)12-6-4(10)2-1-3(9)5(6)11/h1-2H,(H,12,13). The first-order valence-corrected chi connectivity index (χ1v) is 3.50. The third-order valence-electron chi connectivity index (χ3n) is 1.27. The highest BCUT2D eigenvalue weighted by Crippen LogP contribution is 2.21. The fraction of sp³-hybridized carbons (Fsp3) is 0. The van der Waals surface area contributed by atoms with Crippen LogP contribution in [0.25, 0.3) is 0 Å². The SMILES string of the molecule is O=C(Cl)Nc1c(F)ccc(F)c1F. The van der Waals surface area contributed by atoms with Crippen molar-refractivity contribution in [1.82, 2.24) is 0 Å². The highest BCUT2D eigenvalue weighted by Gasteiger charge is 2.14. The molecule has 1 aromatic rings. The molecular weight excluding hydrogens is 207 g/mol. The van der Waals surface area contributed by atoms with Gasteiger partial charge in [-0.1, -0.05) is 0 Å². The number of hydrogen-bond acceptors (Lipinski definition) is 1. The summed E-state index contributed by atoms with van der Waals surface area (Å²) in [6, 6.07) is 1.29. The van der Waals surface area contributed by atoms with E-state index < -0.39 is 28.5 Å². The summed E-state index contributed by atoms with van der Waals surface area (Å²) in [5, 5.41) is 0.427. The van der Waals surface area contributed by atoms with E-state index in [9.17, 15) is 18.0 Å². The monoisotopic (exact) mass is 209 g/mol. The molecule has 0 atom stereocenters. The minimum absolute atomic E-state index is 0.606. The van der Waals surface area contributed by atoms with Crippen LogP contribution in [-0.2, 0) is 0 Å². The Morgan fingerprint density at radius 2 is 1.77 bits per heavy atom. The topological polar surface area (TPSA) is 29.1 Å². The zero-order valence-corrected chi connectivity index (χ0v) is 6.83. The van der Waals surface area contributed by atoms with Gasteiger partial charge in [0.1, 0.15) is 11.5 Å². The van der Waals surface area contributed by atoms with Crippen molar-refractivity contribution in [3.8, 4) is 0 Å². The largest absolute Gasteiger partial charge is 0.318 e.